The molecular weight excluding hydrogens is 637 g/mol. The Morgan fingerprint density at radius 1 is 0.431 bits per heavy atom. The molecule has 3 heterocycles. The third kappa shape index (κ3) is 4.49. The van der Waals surface area contributed by atoms with Crippen LogP contribution in [0.3, 0.4) is 0 Å². The van der Waals surface area contributed by atoms with E-state index >= 15 is 0 Å². The zero-order valence-electron chi connectivity index (χ0n) is 27.9. The van der Waals surface area contributed by atoms with Gasteiger partial charge in [0.05, 0.1) is 27.9 Å². The molecule has 0 aliphatic heterocycles. The summed E-state index contributed by atoms with van der Waals surface area (Å²) in [5.74, 6) is 0. The Balaban J connectivity index is 1.15. The summed E-state index contributed by atoms with van der Waals surface area (Å²) >= 11 is 1.85. The first kappa shape index (κ1) is 29.5. The summed E-state index contributed by atoms with van der Waals surface area (Å²) in [7, 11) is 0. The number of nitrogens with zero attached hydrogens (tertiary/aromatic N) is 2. The van der Waals surface area contributed by atoms with Crippen LogP contribution in [0.4, 0.5) is 0 Å². The molecule has 0 fully saturated rings. The van der Waals surface area contributed by atoms with Crippen molar-refractivity contribution in [3.63, 3.8) is 0 Å². The van der Waals surface area contributed by atoms with Crippen molar-refractivity contribution in [2.45, 2.75) is 0 Å². The third-order valence-corrected chi connectivity index (χ3v) is 11.4. The molecule has 10 aromatic rings. The molecule has 0 N–H and O–H groups in total. The quantitative estimate of drug-likeness (QED) is 0.167. The van der Waals surface area contributed by atoms with Gasteiger partial charge in [-0.2, -0.15) is 0 Å². The highest BCUT2D eigenvalue weighted by atomic mass is 32.1. The van der Waals surface area contributed by atoms with Gasteiger partial charge in [0.2, 0.25) is 0 Å². The Kier molecular flexibility index (Phi) is 6.70. The van der Waals surface area contributed by atoms with Crippen LogP contribution in [-0.4, -0.2) is 9.13 Å². The highest BCUT2D eigenvalue weighted by Gasteiger charge is 2.20. The van der Waals surface area contributed by atoms with Gasteiger partial charge in [0.15, 0.2) is 0 Å². The highest BCUT2D eigenvalue weighted by Crippen LogP contribution is 2.41. The van der Waals surface area contributed by atoms with Crippen molar-refractivity contribution in [1.29, 1.82) is 0 Å². The first-order valence-electron chi connectivity index (χ1n) is 17.3. The molecule has 0 radical (unpaired) electrons. The Labute approximate surface area is 300 Å². The number of thiophene rings is 1. The molecule has 51 heavy (non-hydrogen) atoms. The average Bonchev–Trinajstić information content (AvgIpc) is 3.84. The lowest BCUT2D eigenvalue weighted by Gasteiger charge is -2.15. The predicted molar refractivity (Wildman–Crippen MR) is 222 cm³/mol. The van der Waals surface area contributed by atoms with E-state index in [0.717, 1.165) is 33.5 Å². The van der Waals surface area contributed by atoms with Crippen molar-refractivity contribution < 1.29 is 0 Å². The molecule has 0 spiro atoms. The van der Waals surface area contributed by atoms with Gasteiger partial charge in [-0.15, -0.1) is 11.3 Å². The smallest absolute Gasteiger partial charge is 0.0541 e. The molecule has 0 aliphatic rings. The number of para-hydroxylation sites is 3. The van der Waals surface area contributed by atoms with Gasteiger partial charge < -0.3 is 9.13 Å². The number of benzene rings is 7. The third-order valence-electron chi connectivity index (χ3n) is 10.3. The van der Waals surface area contributed by atoms with Crippen LogP contribution in [0.25, 0.3) is 98.7 Å². The van der Waals surface area contributed by atoms with Gasteiger partial charge >= 0.3 is 0 Å². The maximum atomic E-state index is 4.29. The first-order chi connectivity index (χ1) is 25.2. The number of rotatable bonds is 6. The van der Waals surface area contributed by atoms with E-state index in [1.807, 2.05) is 23.5 Å². The topological polar surface area (TPSA) is 9.86 Å². The van der Waals surface area contributed by atoms with Gasteiger partial charge in [0, 0.05) is 53.1 Å². The first-order valence-corrected chi connectivity index (χ1v) is 18.1. The molecule has 10 rings (SSSR count). The van der Waals surface area contributed by atoms with E-state index in [2.05, 4.69) is 180 Å². The Morgan fingerprint density at radius 2 is 1.04 bits per heavy atom. The summed E-state index contributed by atoms with van der Waals surface area (Å²) in [4.78, 5) is 0. The van der Waals surface area contributed by atoms with E-state index in [0.29, 0.717) is 0 Å². The fourth-order valence-electron chi connectivity index (χ4n) is 8.00. The minimum atomic E-state index is 1.04. The van der Waals surface area contributed by atoms with Crippen LogP contribution >= 0.6 is 11.3 Å². The lowest BCUT2D eigenvalue weighted by Crippen LogP contribution is -1.99. The van der Waals surface area contributed by atoms with Crippen LogP contribution in [0.5, 0.6) is 0 Å². The standard InChI is InChI=1S/C48H32N2S/c1-3-35-39-28-31(32-22-25-45-40(29-32)37-17-9-12-20-44(37)49(45)34-14-6-5-7-15-34)23-26-46(39)50(42(35)4-2)43-19-11-8-16-36(43)33-24-27-48-41(30-33)38-18-10-13-21-47(38)51-48/h3-30H,1-2H2. The molecule has 0 atom stereocenters. The summed E-state index contributed by atoms with van der Waals surface area (Å²) in [5, 5.41) is 6.24. The van der Waals surface area contributed by atoms with Crippen molar-refractivity contribution in [1.82, 2.24) is 9.13 Å². The van der Waals surface area contributed by atoms with Gasteiger partial charge in [0.25, 0.3) is 0 Å². The molecule has 2 nitrogen and oxygen atoms in total. The zero-order valence-corrected chi connectivity index (χ0v) is 28.7. The second-order valence-electron chi connectivity index (χ2n) is 13.0. The molecule has 0 bridgehead atoms. The summed E-state index contributed by atoms with van der Waals surface area (Å²) in [5.41, 5.74) is 12.6. The summed E-state index contributed by atoms with van der Waals surface area (Å²) in [6, 6.07) is 57.3. The summed E-state index contributed by atoms with van der Waals surface area (Å²) in [6.45, 7) is 8.57. The SMILES string of the molecule is C=Cc1c(C=C)n(-c2ccccc2-c2ccc3sc4ccccc4c3c2)c2ccc(-c3ccc4c(c3)c3ccccc3n4-c3ccccc3)cc12. The van der Waals surface area contributed by atoms with Crippen LogP contribution < -0.4 is 0 Å². The van der Waals surface area contributed by atoms with E-state index in [4.69, 9.17) is 0 Å². The second-order valence-corrected chi connectivity index (χ2v) is 14.1. The fourth-order valence-corrected chi connectivity index (χ4v) is 9.09. The molecule has 0 unspecified atom stereocenters. The van der Waals surface area contributed by atoms with Gasteiger partial charge in [-0.1, -0.05) is 110 Å². The molecule has 240 valence electrons. The maximum Gasteiger partial charge on any atom is 0.0541 e. The molecule has 3 heteroatoms. The maximum absolute atomic E-state index is 4.29. The lowest BCUT2D eigenvalue weighted by molar-refractivity contribution is 1.11. The fraction of sp³-hybridized carbons (Fsp3) is 0. The number of fused-ring (bicyclic) bond motifs is 7. The lowest BCUT2D eigenvalue weighted by atomic mass is 10.00. The van der Waals surface area contributed by atoms with Gasteiger partial charge in [-0.05, 0) is 89.5 Å². The monoisotopic (exact) mass is 668 g/mol. The minimum absolute atomic E-state index is 1.04. The Hall–Kier alpha value is -6.42. The molecule has 0 saturated heterocycles. The van der Waals surface area contributed by atoms with Crippen LogP contribution in [0, 0.1) is 0 Å². The molecule has 7 aromatic carbocycles. The van der Waals surface area contributed by atoms with E-state index in [1.54, 1.807) is 0 Å². The van der Waals surface area contributed by atoms with Gasteiger partial charge in [-0.3, -0.25) is 0 Å². The predicted octanol–water partition coefficient (Wildman–Crippen LogP) is 13.7. The molecular formula is C48H32N2S. The number of hydrogen-bond donors (Lipinski definition) is 0. The van der Waals surface area contributed by atoms with Crippen molar-refractivity contribution in [3.8, 4) is 33.6 Å². The van der Waals surface area contributed by atoms with Crippen LogP contribution in [0.1, 0.15) is 11.3 Å². The van der Waals surface area contributed by atoms with Crippen molar-refractivity contribution in [3.05, 3.63) is 182 Å². The highest BCUT2D eigenvalue weighted by molar-refractivity contribution is 7.25. The second kappa shape index (κ2) is 11.6. The molecule has 0 saturated carbocycles. The van der Waals surface area contributed by atoms with Crippen molar-refractivity contribution >= 4 is 76.4 Å². The van der Waals surface area contributed by atoms with E-state index < -0.39 is 0 Å². The van der Waals surface area contributed by atoms with E-state index in [-0.39, 0.29) is 0 Å². The summed E-state index contributed by atoms with van der Waals surface area (Å²) < 4.78 is 7.33. The molecule has 0 aliphatic carbocycles. The van der Waals surface area contributed by atoms with Crippen LogP contribution in [0.15, 0.2) is 171 Å². The van der Waals surface area contributed by atoms with Crippen LogP contribution in [0.2, 0.25) is 0 Å². The largest absolute Gasteiger partial charge is 0.309 e. The van der Waals surface area contributed by atoms with E-state index in [9.17, 15) is 0 Å². The summed E-state index contributed by atoms with van der Waals surface area (Å²) in [6.07, 6.45) is 3.94. The Morgan fingerprint density at radius 3 is 1.84 bits per heavy atom. The molecule has 3 aromatic heterocycles. The normalized spacial score (nSPS) is 11.7. The van der Waals surface area contributed by atoms with Gasteiger partial charge in [0.1, 0.15) is 0 Å². The van der Waals surface area contributed by atoms with E-state index in [1.165, 1.54) is 64.2 Å². The minimum Gasteiger partial charge on any atom is -0.309 e. The average molecular weight is 669 g/mol. The zero-order chi connectivity index (χ0) is 34.1. The van der Waals surface area contributed by atoms with Crippen molar-refractivity contribution in [2.24, 2.45) is 0 Å². The molecule has 0 amide bonds. The van der Waals surface area contributed by atoms with Crippen LogP contribution in [-0.2, 0) is 0 Å². The van der Waals surface area contributed by atoms with Gasteiger partial charge in [-0.25, -0.2) is 0 Å². The Bertz CT molecular complexity index is 3010. The number of aromatic nitrogens is 2. The number of hydrogen-bond acceptors (Lipinski definition) is 1. The van der Waals surface area contributed by atoms with Crippen molar-refractivity contribution in [2.75, 3.05) is 0 Å².